The summed E-state index contributed by atoms with van der Waals surface area (Å²) >= 11 is 6.40. The highest BCUT2D eigenvalue weighted by Crippen LogP contribution is 2.34. The number of nitrogens with zero attached hydrogens (tertiary/aromatic N) is 5. The highest BCUT2D eigenvalue weighted by Gasteiger charge is 2.27. The van der Waals surface area contributed by atoms with Crippen molar-refractivity contribution in [3.8, 4) is 5.69 Å². The summed E-state index contributed by atoms with van der Waals surface area (Å²) in [6, 6.07) is 24.8. The van der Waals surface area contributed by atoms with Gasteiger partial charge in [0.25, 0.3) is 0 Å². The summed E-state index contributed by atoms with van der Waals surface area (Å²) in [7, 11) is 0. The summed E-state index contributed by atoms with van der Waals surface area (Å²) in [4.78, 5) is 25.0. The first-order valence-electron chi connectivity index (χ1n) is 14.6. The minimum atomic E-state index is -0.896. The molecule has 0 unspecified atom stereocenters. The molecule has 1 fully saturated rings. The van der Waals surface area contributed by atoms with E-state index in [1.807, 2.05) is 30.3 Å². The van der Waals surface area contributed by atoms with Gasteiger partial charge in [0.1, 0.15) is 6.33 Å². The summed E-state index contributed by atoms with van der Waals surface area (Å²) in [5.41, 5.74) is 12.7. The lowest BCUT2D eigenvalue weighted by Gasteiger charge is -2.32. The van der Waals surface area contributed by atoms with Gasteiger partial charge in [-0.3, -0.25) is 9.59 Å². The highest BCUT2D eigenvalue weighted by atomic mass is 35.5. The van der Waals surface area contributed by atoms with Gasteiger partial charge in [0, 0.05) is 29.6 Å². The van der Waals surface area contributed by atoms with Crippen LogP contribution >= 0.6 is 11.6 Å². The van der Waals surface area contributed by atoms with E-state index in [4.69, 9.17) is 17.3 Å². The molecule has 2 heterocycles. The van der Waals surface area contributed by atoms with Gasteiger partial charge in [-0.1, -0.05) is 96.6 Å². The van der Waals surface area contributed by atoms with Crippen LogP contribution in [0.5, 0.6) is 0 Å². The molecule has 0 spiro atoms. The Balaban J connectivity index is 1.46. The standard InChI is InChI=1S/C35H35ClN6O2/c1-3-26(32-22-30(36)14-15-33(32)42-23-38-39-40-42)13-12-24(2)31(20-25-8-5-4-6-9-25)29-11-7-10-28(21-29)27-16-18-41(19-17-27)35(44)34(37)43/h3-15,21-23,27,31H,1,16-20H2,2H3,(H2,37,43)/b24-12+,26-13+/t31-/m1/s1. The Kier molecular flexibility index (Phi) is 9.82. The summed E-state index contributed by atoms with van der Waals surface area (Å²) in [5.74, 6) is -1.08. The average molecular weight is 607 g/mol. The Bertz CT molecular complexity index is 1690. The maximum atomic E-state index is 12.1. The van der Waals surface area contributed by atoms with E-state index in [9.17, 15) is 9.59 Å². The molecule has 5 rings (SSSR count). The van der Waals surface area contributed by atoms with Crippen LogP contribution in [-0.4, -0.2) is 50.0 Å². The number of rotatable bonds is 9. The molecule has 0 bridgehead atoms. The molecule has 1 aliphatic heterocycles. The smallest absolute Gasteiger partial charge is 0.311 e. The van der Waals surface area contributed by atoms with Crippen molar-refractivity contribution in [2.45, 2.75) is 38.0 Å². The fourth-order valence-electron chi connectivity index (χ4n) is 5.81. The number of likely N-dealkylation sites (tertiary alicyclic amines) is 1. The molecule has 1 atom stereocenters. The summed E-state index contributed by atoms with van der Waals surface area (Å²) in [5, 5.41) is 12.2. The Morgan fingerprint density at radius 1 is 1.05 bits per heavy atom. The number of nitrogens with two attached hydrogens (primary N) is 1. The van der Waals surface area contributed by atoms with E-state index in [0.717, 1.165) is 36.1 Å². The predicted molar refractivity (Wildman–Crippen MR) is 173 cm³/mol. The predicted octanol–water partition coefficient (Wildman–Crippen LogP) is 6.05. The number of hydrogen-bond donors (Lipinski definition) is 1. The Morgan fingerprint density at radius 3 is 2.50 bits per heavy atom. The first kappa shape index (κ1) is 30.6. The normalized spacial score (nSPS) is 15.2. The van der Waals surface area contributed by atoms with Gasteiger partial charge in [0.05, 0.1) is 5.69 Å². The number of halogens is 1. The van der Waals surface area contributed by atoms with Crippen LogP contribution in [0.4, 0.5) is 0 Å². The van der Waals surface area contributed by atoms with E-state index in [0.29, 0.717) is 24.0 Å². The molecular formula is C35H35ClN6O2. The number of carbonyl (C=O) groups excluding carboxylic acids is 2. The maximum Gasteiger partial charge on any atom is 0.311 e. The van der Waals surface area contributed by atoms with Crippen molar-refractivity contribution in [2.75, 3.05) is 13.1 Å². The largest absolute Gasteiger partial charge is 0.361 e. The van der Waals surface area contributed by atoms with Crippen LogP contribution in [0.3, 0.4) is 0 Å². The second-order valence-electron chi connectivity index (χ2n) is 11.0. The van der Waals surface area contributed by atoms with Gasteiger partial charge in [-0.15, -0.1) is 5.10 Å². The molecule has 1 aromatic heterocycles. The van der Waals surface area contributed by atoms with Crippen LogP contribution in [0, 0.1) is 0 Å². The number of amides is 2. The van der Waals surface area contributed by atoms with E-state index >= 15 is 0 Å². The van der Waals surface area contributed by atoms with Crippen molar-refractivity contribution in [2.24, 2.45) is 5.73 Å². The van der Waals surface area contributed by atoms with Gasteiger partial charge in [0.2, 0.25) is 0 Å². The van der Waals surface area contributed by atoms with E-state index in [-0.39, 0.29) is 5.92 Å². The zero-order valence-electron chi connectivity index (χ0n) is 24.6. The molecule has 8 nitrogen and oxygen atoms in total. The maximum absolute atomic E-state index is 12.1. The molecule has 224 valence electrons. The molecule has 3 aromatic carbocycles. The number of benzene rings is 3. The van der Waals surface area contributed by atoms with Crippen molar-refractivity contribution < 1.29 is 9.59 Å². The first-order chi connectivity index (χ1) is 21.3. The van der Waals surface area contributed by atoms with Crippen LogP contribution < -0.4 is 5.73 Å². The number of carbonyl (C=O) groups is 2. The molecular weight excluding hydrogens is 572 g/mol. The monoisotopic (exact) mass is 606 g/mol. The second kappa shape index (κ2) is 14.1. The van der Waals surface area contributed by atoms with Gasteiger partial charge >= 0.3 is 11.8 Å². The van der Waals surface area contributed by atoms with Crippen molar-refractivity contribution in [1.29, 1.82) is 0 Å². The minimum Gasteiger partial charge on any atom is -0.361 e. The SMILES string of the molecule is C=C/C(=C\C=C(/C)[C@@H](Cc1ccccc1)c1cccc(C2CCN(C(=O)C(N)=O)CC2)c1)c1cc(Cl)ccc1-n1cnnn1. The van der Waals surface area contributed by atoms with E-state index in [1.54, 1.807) is 15.9 Å². The quantitative estimate of drug-likeness (QED) is 0.184. The van der Waals surface area contributed by atoms with Crippen LogP contribution in [0.2, 0.25) is 5.02 Å². The number of hydrogen-bond acceptors (Lipinski definition) is 5. The number of primary amides is 1. The van der Waals surface area contributed by atoms with Crippen molar-refractivity contribution in [3.63, 3.8) is 0 Å². The Morgan fingerprint density at radius 2 is 1.82 bits per heavy atom. The van der Waals surface area contributed by atoms with Crippen molar-refractivity contribution in [1.82, 2.24) is 25.1 Å². The van der Waals surface area contributed by atoms with Crippen LogP contribution in [-0.2, 0) is 16.0 Å². The Labute approximate surface area is 262 Å². The molecule has 1 aliphatic rings. The van der Waals surface area contributed by atoms with Gasteiger partial charge in [-0.25, -0.2) is 0 Å². The van der Waals surface area contributed by atoms with Crippen LogP contribution in [0.25, 0.3) is 11.3 Å². The lowest BCUT2D eigenvalue weighted by atomic mass is 9.82. The second-order valence-corrected chi connectivity index (χ2v) is 11.4. The third-order valence-corrected chi connectivity index (χ3v) is 8.46. The molecule has 2 N–H and O–H groups in total. The minimum absolute atomic E-state index is 0.120. The van der Waals surface area contributed by atoms with Gasteiger partial charge in [-0.05, 0) is 83.0 Å². The van der Waals surface area contributed by atoms with Crippen molar-refractivity contribution >= 4 is 29.0 Å². The van der Waals surface area contributed by atoms with Gasteiger partial charge < -0.3 is 10.6 Å². The number of tetrazole rings is 1. The molecule has 0 radical (unpaired) electrons. The molecule has 4 aromatic rings. The third-order valence-electron chi connectivity index (χ3n) is 8.22. The topological polar surface area (TPSA) is 107 Å². The lowest BCUT2D eigenvalue weighted by Crippen LogP contribution is -2.44. The summed E-state index contributed by atoms with van der Waals surface area (Å²) in [6.07, 6.45) is 9.99. The average Bonchev–Trinajstić information content (AvgIpc) is 3.59. The molecule has 2 amide bonds. The van der Waals surface area contributed by atoms with Gasteiger partial charge in [-0.2, -0.15) is 4.68 Å². The summed E-state index contributed by atoms with van der Waals surface area (Å²) in [6.45, 7) is 7.28. The van der Waals surface area contributed by atoms with Crippen LogP contribution in [0.15, 0.2) is 110 Å². The fraction of sp³-hybridized carbons (Fsp3) is 0.229. The first-order valence-corrected chi connectivity index (χ1v) is 15.0. The number of aromatic nitrogens is 4. The zero-order chi connectivity index (χ0) is 31.1. The lowest BCUT2D eigenvalue weighted by molar-refractivity contribution is -0.144. The van der Waals surface area contributed by atoms with Gasteiger partial charge in [0.15, 0.2) is 0 Å². The third kappa shape index (κ3) is 7.21. The van der Waals surface area contributed by atoms with Crippen LogP contribution in [0.1, 0.15) is 53.9 Å². The number of piperidine rings is 1. The van der Waals surface area contributed by atoms with E-state index in [1.165, 1.54) is 22.3 Å². The van der Waals surface area contributed by atoms with E-state index < -0.39 is 11.8 Å². The summed E-state index contributed by atoms with van der Waals surface area (Å²) < 4.78 is 1.61. The molecule has 0 saturated carbocycles. The van der Waals surface area contributed by atoms with E-state index in [2.05, 4.69) is 89.7 Å². The Hall–Kier alpha value is -4.82. The van der Waals surface area contributed by atoms with Crippen molar-refractivity contribution in [3.05, 3.63) is 137 Å². The molecule has 44 heavy (non-hydrogen) atoms. The highest BCUT2D eigenvalue weighted by molar-refractivity contribution is 6.34. The molecule has 1 saturated heterocycles. The fourth-order valence-corrected chi connectivity index (χ4v) is 5.98. The molecule has 0 aliphatic carbocycles. The number of allylic oxidation sites excluding steroid dienone is 5. The zero-order valence-corrected chi connectivity index (χ0v) is 25.4. The molecule has 9 heteroatoms.